The molecule has 1 amide bonds. The fourth-order valence-electron chi connectivity index (χ4n) is 3.70. The molecule has 1 aromatic heterocycles. The summed E-state index contributed by atoms with van der Waals surface area (Å²) in [4.78, 5) is 18.9. The fourth-order valence-corrected chi connectivity index (χ4v) is 4.53. The van der Waals surface area contributed by atoms with Gasteiger partial charge in [-0.2, -0.15) is 0 Å². The molecule has 3 aromatic carbocycles. The summed E-state index contributed by atoms with van der Waals surface area (Å²) in [6, 6.07) is 21.3. The second-order valence-corrected chi connectivity index (χ2v) is 8.23. The Kier molecular flexibility index (Phi) is 4.56. The Balaban J connectivity index is 1.48. The van der Waals surface area contributed by atoms with Gasteiger partial charge in [0.15, 0.2) is 5.13 Å². The molecule has 0 radical (unpaired) electrons. The lowest BCUT2D eigenvalue weighted by molar-refractivity contribution is -0.116. The van der Waals surface area contributed by atoms with E-state index in [0.717, 1.165) is 27.3 Å². The van der Waals surface area contributed by atoms with Gasteiger partial charge in [0.25, 0.3) is 0 Å². The average Bonchev–Trinajstić information content (AvgIpc) is 3.12. The lowest BCUT2D eigenvalue weighted by atomic mass is 9.87. The zero-order chi connectivity index (χ0) is 20.7. The van der Waals surface area contributed by atoms with Crippen LogP contribution in [0.5, 0.6) is 11.5 Å². The van der Waals surface area contributed by atoms with Crippen molar-refractivity contribution in [2.75, 3.05) is 5.32 Å². The molecule has 1 aliphatic rings. The largest absolute Gasteiger partial charge is 0.457 e. The molecule has 0 aliphatic carbocycles. The zero-order valence-corrected chi connectivity index (χ0v) is 16.9. The van der Waals surface area contributed by atoms with Gasteiger partial charge in [-0.1, -0.05) is 36.4 Å². The number of rotatable bonds is 3. The first-order chi connectivity index (χ1) is 14.6. The van der Waals surface area contributed by atoms with E-state index in [-0.39, 0.29) is 11.7 Å². The highest BCUT2D eigenvalue weighted by Gasteiger charge is 2.32. The molecule has 6 heteroatoms. The van der Waals surface area contributed by atoms with Gasteiger partial charge in [0.2, 0.25) is 5.91 Å². The van der Waals surface area contributed by atoms with E-state index in [1.165, 1.54) is 23.5 Å². The van der Waals surface area contributed by atoms with Crippen LogP contribution >= 0.6 is 11.3 Å². The van der Waals surface area contributed by atoms with Crippen LogP contribution in [0.4, 0.5) is 9.52 Å². The summed E-state index contributed by atoms with van der Waals surface area (Å²) in [5.74, 6) is 0.400. The van der Waals surface area contributed by atoms with Crippen molar-refractivity contribution in [1.82, 2.24) is 4.98 Å². The fraction of sp³-hybridized carbons (Fsp3) is 0.0833. The number of aryl methyl sites for hydroxylation is 1. The van der Waals surface area contributed by atoms with Gasteiger partial charge in [-0.3, -0.25) is 4.79 Å². The molecule has 1 aliphatic heterocycles. The Labute approximate surface area is 177 Å². The standard InChI is InChI=1S/C24H17FN2O2S/c1-14-22(15-10-12-16(25)13-11-15)26-24(30-14)27-23(28)21-17-6-2-4-8-19(17)29-20-9-5-3-7-18(20)21/h2-13,21H,1H3,(H,26,27,28). The SMILES string of the molecule is Cc1sc(NC(=O)C2c3ccccc3Oc3ccccc32)nc1-c1ccc(F)cc1. The smallest absolute Gasteiger partial charge is 0.238 e. The molecule has 0 bridgehead atoms. The highest BCUT2D eigenvalue weighted by molar-refractivity contribution is 7.16. The Hall–Kier alpha value is -3.51. The van der Waals surface area contributed by atoms with Crippen molar-refractivity contribution < 1.29 is 13.9 Å². The predicted molar refractivity (Wildman–Crippen MR) is 116 cm³/mol. The summed E-state index contributed by atoms with van der Waals surface area (Å²) in [5, 5.41) is 3.49. The van der Waals surface area contributed by atoms with Crippen molar-refractivity contribution in [2.45, 2.75) is 12.8 Å². The van der Waals surface area contributed by atoms with Gasteiger partial charge in [-0.15, -0.1) is 11.3 Å². The van der Waals surface area contributed by atoms with Crippen LogP contribution in [0.2, 0.25) is 0 Å². The number of thiazole rings is 1. The van der Waals surface area contributed by atoms with Crippen LogP contribution in [0, 0.1) is 12.7 Å². The molecule has 5 rings (SSSR count). The summed E-state index contributed by atoms with van der Waals surface area (Å²) in [6.07, 6.45) is 0. The minimum absolute atomic E-state index is 0.169. The van der Waals surface area contributed by atoms with E-state index in [0.29, 0.717) is 16.6 Å². The van der Waals surface area contributed by atoms with Crippen LogP contribution in [0.25, 0.3) is 11.3 Å². The van der Waals surface area contributed by atoms with E-state index in [1.807, 2.05) is 55.5 Å². The van der Waals surface area contributed by atoms with Gasteiger partial charge in [0.05, 0.1) is 11.6 Å². The van der Waals surface area contributed by atoms with Crippen LogP contribution in [-0.2, 0) is 4.79 Å². The molecule has 0 unspecified atom stereocenters. The van der Waals surface area contributed by atoms with Gasteiger partial charge in [-0.25, -0.2) is 9.37 Å². The van der Waals surface area contributed by atoms with Crippen molar-refractivity contribution in [1.29, 1.82) is 0 Å². The molecule has 0 saturated carbocycles. The number of amides is 1. The van der Waals surface area contributed by atoms with E-state index in [4.69, 9.17) is 4.74 Å². The van der Waals surface area contributed by atoms with Crippen molar-refractivity contribution in [3.05, 3.63) is 94.6 Å². The van der Waals surface area contributed by atoms with Crippen LogP contribution < -0.4 is 10.1 Å². The predicted octanol–water partition coefficient (Wildman–Crippen LogP) is 6.13. The molecular weight excluding hydrogens is 399 g/mol. The number of benzene rings is 3. The maximum Gasteiger partial charge on any atom is 0.238 e. The third-order valence-electron chi connectivity index (χ3n) is 5.09. The third-order valence-corrected chi connectivity index (χ3v) is 5.97. The quantitative estimate of drug-likeness (QED) is 0.437. The topological polar surface area (TPSA) is 51.2 Å². The summed E-state index contributed by atoms with van der Waals surface area (Å²) in [7, 11) is 0. The number of hydrogen-bond donors (Lipinski definition) is 1. The van der Waals surface area contributed by atoms with E-state index in [2.05, 4.69) is 10.3 Å². The summed E-state index contributed by atoms with van der Waals surface area (Å²) in [6.45, 7) is 1.94. The van der Waals surface area contributed by atoms with Crippen molar-refractivity contribution in [3.63, 3.8) is 0 Å². The number of carbonyl (C=O) groups is 1. The number of fused-ring (bicyclic) bond motifs is 2. The number of ether oxygens (including phenoxy) is 1. The first-order valence-electron chi connectivity index (χ1n) is 9.50. The van der Waals surface area contributed by atoms with E-state index in [1.54, 1.807) is 12.1 Å². The highest BCUT2D eigenvalue weighted by Crippen LogP contribution is 2.44. The van der Waals surface area contributed by atoms with E-state index >= 15 is 0 Å². The van der Waals surface area contributed by atoms with E-state index in [9.17, 15) is 9.18 Å². The van der Waals surface area contributed by atoms with Crippen LogP contribution in [0.3, 0.4) is 0 Å². The van der Waals surface area contributed by atoms with Crippen molar-refractivity contribution >= 4 is 22.4 Å². The summed E-state index contributed by atoms with van der Waals surface area (Å²) in [5.41, 5.74) is 3.19. The molecule has 1 N–H and O–H groups in total. The molecule has 0 atom stereocenters. The number of hydrogen-bond acceptors (Lipinski definition) is 4. The third kappa shape index (κ3) is 3.25. The maximum atomic E-state index is 13.3. The van der Waals surface area contributed by atoms with Gasteiger partial charge >= 0.3 is 0 Å². The second kappa shape index (κ2) is 7.39. The van der Waals surface area contributed by atoms with Crippen molar-refractivity contribution in [3.8, 4) is 22.8 Å². The molecule has 4 nitrogen and oxygen atoms in total. The molecule has 2 heterocycles. The van der Waals surface area contributed by atoms with E-state index < -0.39 is 5.92 Å². The number of carbonyl (C=O) groups excluding carboxylic acids is 1. The van der Waals surface area contributed by atoms with Gasteiger partial charge in [0, 0.05) is 21.6 Å². The highest BCUT2D eigenvalue weighted by atomic mass is 32.1. The summed E-state index contributed by atoms with van der Waals surface area (Å²) >= 11 is 1.40. The number of aromatic nitrogens is 1. The number of anilines is 1. The monoisotopic (exact) mass is 416 g/mol. The molecule has 0 saturated heterocycles. The molecule has 0 spiro atoms. The minimum atomic E-state index is -0.496. The molecule has 4 aromatic rings. The Morgan fingerprint density at radius 3 is 2.20 bits per heavy atom. The number of nitrogens with zero attached hydrogens (tertiary/aromatic N) is 1. The number of halogens is 1. The summed E-state index contributed by atoms with van der Waals surface area (Å²) < 4.78 is 19.2. The molecule has 0 fully saturated rings. The zero-order valence-electron chi connectivity index (χ0n) is 16.1. The second-order valence-electron chi connectivity index (χ2n) is 7.03. The van der Waals surface area contributed by atoms with Crippen LogP contribution in [-0.4, -0.2) is 10.9 Å². The van der Waals surface area contributed by atoms with Gasteiger partial charge in [-0.05, 0) is 43.3 Å². The first kappa shape index (κ1) is 18.5. The lowest BCUT2D eigenvalue weighted by Gasteiger charge is -2.27. The first-order valence-corrected chi connectivity index (χ1v) is 10.3. The van der Waals surface area contributed by atoms with Gasteiger partial charge in [0.1, 0.15) is 17.3 Å². The number of nitrogens with one attached hydrogen (secondary N) is 1. The molecular formula is C24H17FN2O2S. The van der Waals surface area contributed by atoms with Crippen LogP contribution in [0.1, 0.15) is 21.9 Å². The van der Waals surface area contributed by atoms with Gasteiger partial charge < -0.3 is 10.1 Å². The number of para-hydroxylation sites is 2. The molecule has 30 heavy (non-hydrogen) atoms. The average molecular weight is 416 g/mol. The Bertz CT molecular complexity index is 1200. The van der Waals surface area contributed by atoms with Crippen molar-refractivity contribution in [2.24, 2.45) is 0 Å². The molecule has 148 valence electrons. The van der Waals surface area contributed by atoms with Crippen LogP contribution in [0.15, 0.2) is 72.8 Å². The normalized spacial score (nSPS) is 12.6. The maximum absolute atomic E-state index is 13.3. The Morgan fingerprint density at radius 2 is 1.57 bits per heavy atom. The minimum Gasteiger partial charge on any atom is -0.457 e. The Morgan fingerprint density at radius 1 is 0.967 bits per heavy atom. The lowest BCUT2D eigenvalue weighted by Crippen LogP contribution is -2.25.